The van der Waals surface area contributed by atoms with Gasteiger partial charge in [0.05, 0.1) is 22.8 Å². The van der Waals surface area contributed by atoms with Gasteiger partial charge in [-0.15, -0.1) is 0 Å². The normalized spacial score (nSPS) is 12.9. The standard InChI is InChI=1S/C28H33N3/c1-18-15-19(2)27(20(3)16-18)31-21(4)23-13-14-29-26(17-23)22(5)30-25-11-9-24(10-12-25)28(6,7)8/h9-17H,1-8H3. The van der Waals surface area contributed by atoms with Crippen molar-refractivity contribution in [3.63, 3.8) is 0 Å². The van der Waals surface area contributed by atoms with Gasteiger partial charge in [-0.05, 0) is 86.6 Å². The minimum absolute atomic E-state index is 0.137. The van der Waals surface area contributed by atoms with E-state index in [0.717, 1.165) is 34.1 Å². The number of rotatable bonds is 4. The van der Waals surface area contributed by atoms with Crippen LogP contribution in [0.25, 0.3) is 0 Å². The van der Waals surface area contributed by atoms with E-state index in [-0.39, 0.29) is 5.41 Å². The Balaban J connectivity index is 1.90. The van der Waals surface area contributed by atoms with Gasteiger partial charge in [-0.3, -0.25) is 15.0 Å². The number of aliphatic imine (C=N–C) groups is 2. The first kappa shape index (κ1) is 22.6. The van der Waals surface area contributed by atoms with Crippen LogP contribution in [0.5, 0.6) is 0 Å². The van der Waals surface area contributed by atoms with E-state index in [2.05, 4.69) is 95.9 Å². The lowest BCUT2D eigenvalue weighted by molar-refractivity contribution is 0.590. The molecule has 1 aromatic heterocycles. The molecule has 160 valence electrons. The summed E-state index contributed by atoms with van der Waals surface area (Å²) in [5.41, 5.74) is 10.9. The number of hydrogen-bond donors (Lipinski definition) is 0. The van der Waals surface area contributed by atoms with E-state index in [1.165, 1.54) is 22.3 Å². The van der Waals surface area contributed by atoms with E-state index < -0.39 is 0 Å². The number of aromatic nitrogens is 1. The zero-order valence-corrected chi connectivity index (χ0v) is 20.0. The first-order valence-corrected chi connectivity index (χ1v) is 10.8. The van der Waals surface area contributed by atoms with Crippen LogP contribution in [-0.4, -0.2) is 16.4 Å². The van der Waals surface area contributed by atoms with Crippen molar-refractivity contribution < 1.29 is 0 Å². The van der Waals surface area contributed by atoms with E-state index in [1.807, 2.05) is 19.2 Å². The highest BCUT2D eigenvalue weighted by atomic mass is 14.8. The molecule has 0 bridgehead atoms. The molecule has 0 saturated carbocycles. The molecule has 1 heterocycles. The first-order valence-electron chi connectivity index (χ1n) is 10.8. The van der Waals surface area contributed by atoms with Crippen molar-refractivity contribution in [2.24, 2.45) is 9.98 Å². The van der Waals surface area contributed by atoms with Crippen LogP contribution in [0.1, 0.15) is 68.1 Å². The van der Waals surface area contributed by atoms with Gasteiger partial charge < -0.3 is 0 Å². The third-order valence-corrected chi connectivity index (χ3v) is 5.49. The molecule has 0 amide bonds. The lowest BCUT2D eigenvalue weighted by Gasteiger charge is -2.18. The summed E-state index contributed by atoms with van der Waals surface area (Å²) >= 11 is 0. The van der Waals surface area contributed by atoms with Gasteiger partial charge in [-0.1, -0.05) is 50.6 Å². The molecule has 0 aliphatic heterocycles. The maximum Gasteiger partial charge on any atom is 0.0848 e. The Morgan fingerprint density at radius 2 is 1.39 bits per heavy atom. The van der Waals surface area contributed by atoms with Crippen molar-refractivity contribution in [3.05, 3.63) is 88.2 Å². The van der Waals surface area contributed by atoms with Gasteiger partial charge in [-0.2, -0.15) is 0 Å². The average molecular weight is 412 g/mol. The molecule has 0 atom stereocenters. The Bertz CT molecular complexity index is 1120. The summed E-state index contributed by atoms with van der Waals surface area (Å²) in [6.07, 6.45) is 1.83. The molecule has 0 spiro atoms. The zero-order valence-electron chi connectivity index (χ0n) is 20.0. The summed E-state index contributed by atoms with van der Waals surface area (Å²) in [4.78, 5) is 14.3. The fourth-order valence-corrected chi connectivity index (χ4v) is 3.72. The molecule has 0 N–H and O–H groups in total. The van der Waals surface area contributed by atoms with Crippen molar-refractivity contribution in [1.82, 2.24) is 4.98 Å². The monoisotopic (exact) mass is 411 g/mol. The number of pyridine rings is 1. The Morgan fingerprint density at radius 3 is 1.97 bits per heavy atom. The van der Waals surface area contributed by atoms with Crippen LogP contribution in [0.2, 0.25) is 0 Å². The van der Waals surface area contributed by atoms with Gasteiger partial charge >= 0.3 is 0 Å². The molecule has 0 fully saturated rings. The van der Waals surface area contributed by atoms with Gasteiger partial charge in [0.1, 0.15) is 0 Å². The highest BCUT2D eigenvalue weighted by Crippen LogP contribution is 2.27. The van der Waals surface area contributed by atoms with E-state index in [1.54, 1.807) is 0 Å². The number of aryl methyl sites for hydroxylation is 3. The number of benzene rings is 2. The number of nitrogens with zero attached hydrogens (tertiary/aromatic N) is 3. The predicted molar refractivity (Wildman–Crippen MR) is 134 cm³/mol. The molecule has 2 aromatic carbocycles. The predicted octanol–water partition coefficient (Wildman–Crippen LogP) is 7.59. The Hall–Kier alpha value is -3.07. The number of hydrogen-bond acceptors (Lipinski definition) is 3. The van der Waals surface area contributed by atoms with Crippen molar-refractivity contribution in [3.8, 4) is 0 Å². The molecule has 0 radical (unpaired) electrons. The summed E-state index contributed by atoms with van der Waals surface area (Å²) in [7, 11) is 0. The SMILES string of the molecule is CC(=Nc1c(C)cc(C)cc1C)c1ccnc(C(C)=Nc2ccc(C(C)(C)C)cc2)c1. The Labute approximate surface area is 187 Å². The third-order valence-electron chi connectivity index (χ3n) is 5.49. The van der Waals surface area contributed by atoms with Crippen LogP contribution >= 0.6 is 0 Å². The van der Waals surface area contributed by atoms with Crippen LogP contribution in [0, 0.1) is 20.8 Å². The minimum atomic E-state index is 0.137. The molecule has 31 heavy (non-hydrogen) atoms. The molecule has 0 saturated heterocycles. The average Bonchev–Trinajstić information content (AvgIpc) is 2.70. The maximum atomic E-state index is 4.94. The van der Waals surface area contributed by atoms with Gasteiger partial charge in [0.15, 0.2) is 0 Å². The molecule has 0 unspecified atom stereocenters. The molecular formula is C28H33N3. The highest BCUT2D eigenvalue weighted by Gasteiger charge is 2.13. The molecule has 3 heteroatoms. The second-order valence-corrected chi connectivity index (χ2v) is 9.37. The Morgan fingerprint density at radius 1 is 0.774 bits per heavy atom. The lowest BCUT2D eigenvalue weighted by Crippen LogP contribution is -2.10. The van der Waals surface area contributed by atoms with Gasteiger partial charge in [-0.25, -0.2) is 0 Å². The second kappa shape index (κ2) is 8.97. The van der Waals surface area contributed by atoms with Crippen molar-refractivity contribution >= 4 is 22.8 Å². The molecule has 3 rings (SSSR count). The quantitative estimate of drug-likeness (QED) is 0.408. The molecule has 0 aliphatic carbocycles. The smallest absolute Gasteiger partial charge is 0.0848 e. The topological polar surface area (TPSA) is 37.6 Å². The second-order valence-electron chi connectivity index (χ2n) is 9.37. The summed E-state index contributed by atoms with van der Waals surface area (Å²) in [5.74, 6) is 0. The maximum absolute atomic E-state index is 4.94. The molecular weight excluding hydrogens is 378 g/mol. The van der Waals surface area contributed by atoms with Crippen molar-refractivity contribution in [2.45, 2.75) is 60.8 Å². The zero-order chi connectivity index (χ0) is 22.8. The first-order chi connectivity index (χ1) is 14.5. The lowest BCUT2D eigenvalue weighted by atomic mass is 9.87. The molecule has 3 nitrogen and oxygen atoms in total. The summed E-state index contributed by atoms with van der Waals surface area (Å²) < 4.78 is 0. The summed E-state index contributed by atoms with van der Waals surface area (Å²) in [6.45, 7) is 17.1. The Kier molecular flexibility index (Phi) is 6.54. The van der Waals surface area contributed by atoms with Gasteiger partial charge in [0, 0.05) is 11.9 Å². The largest absolute Gasteiger partial charge is 0.255 e. The highest BCUT2D eigenvalue weighted by molar-refractivity contribution is 6.04. The van der Waals surface area contributed by atoms with Gasteiger partial charge in [0.25, 0.3) is 0 Å². The van der Waals surface area contributed by atoms with Gasteiger partial charge in [0.2, 0.25) is 0 Å². The van der Waals surface area contributed by atoms with E-state index >= 15 is 0 Å². The van der Waals surface area contributed by atoms with Crippen LogP contribution in [-0.2, 0) is 5.41 Å². The molecule has 3 aromatic rings. The van der Waals surface area contributed by atoms with Crippen LogP contribution in [0.3, 0.4) is 0 Å². The minimum Gasteiger partial charge on any atom is -0.255 e. The van der Waals surface area contributed by atoms with Crippen LogP contribution in [0.4, 0.5) is 11.4 Å². The van der Waals surface area contributed by atoms with Crippen LogP contribution in [0.15, 0.2) is 64.7 Å². The third kappa shape index (κ3) is 5.55. The van der Waals surface area contributed by atoms with Crippen molar-refractivity contribution in [1.29, 1.82) is 0 Å². The van der Waals surface area contributed by atoms with E-state index in [9.17, 15) is 0 Å². The van der Waals surface area contributed by atoms with E-state index in [0.29, 0.717) is 0 Å². The summed E-state index contributed by atoms with van der Waals surface area (Å²) in [5, 5.41) is 0. The molecule has 0 aliphatic rings. The van der Waals surface area contributed by atoms with Crippen LogP contribution < -0.4 is 0 Å². The van der Waals surface area contributed by atoms with E-state index in [4.69, 9.17) is 9.98 Å². The summed E-state index contributed by atoms with van der Waals surface area (Å²) in [6, 6.07) is 16.9. The fourth-order valence-electron chi connectivity index (χ4n) is 3.72. The fraction of sp³-hybridized carbons (Fsp3) is 0.321. The van der Waals surface area contributed by atoms with Crippen molar-refractivity contribution in [2.75, 3.05) is 0 Å².